The molecule has 0 spiro atoms. The summed E-state index contributed by atoms with van der Waals surface area (Å²) in [5.41, 5.74) is 0.692. The van der Waals surface area contributed by atoms with Gasteiger partial charge in [0.15, 0.2) is 6.10 Å². The van der Waals surface area contributed by atoms with E-state index in [1.54, 1.807) is 30.3 Å². The number of rotatable bonds is 5. The van der Waals surface area contributed by atoms with Crippen molar-refractivity contribution in [2.75, 3.05) is 16.8 Å². The molecule has 2 aromatic carbocycles. The summed E-state index contributed by atoms with van der Waals surface area (Å²) >= 11 is 0. The molecule has 1 N–H and O–H groups in total. The second-order valence-electron chi connectivity index (χ2n) is 6.58. The number of esters is 1. The van der Waals surface area contributed by atoms with Gasteiger partial charge in [-0.05, 0) is 31.2 Å². The Bertz CT molecular complexity index is 1000. The third kappa shape index (κ3) is 4.41. The minimum atomic E-state index is -1.13. The molecule has 29 heavy (non-hydrogen) atoms. The van der Waals surface area contributed by atoms with Gasteiger partial charge in [0.25, 0.3) is 5.91 Å². The van der Waals surface area contributed by atoms with Crippen LogP contribution in [0.4, 0.5) is 15.8 Å². The number of carbonyl (C=O) groups excluding carboxylic acids is 3. The molecule has 7 nitrogen and oxygen atoms in total. The lowest BCUT2D eigenvalue weighted by molar-refractivity contribution is -0.157. The van der Waals surface area contributed by atoms with Gasteiger partial charge in [-0.25, -0.2) is 4.39 Å². The van der Waals surface area contributed by atoms with E-state index in [1.165, 1.54) is 30.0 Å². The van der Waals surface area contributed by atoms with Crippen LogP contribution in [0.1, 0.15) is 18.9 Å². The first-order valence-electron chi connectivity index (χ1n) is 8.96. The van der Waals surface area contributed by atoms with Crippen LogP contribution < -0.4 is 10.2 Å². The number of halogens is 1. The average molecular weight is 395 g/mol. The van der Waals surface area contributed by atoms with Crippen molar-refractivity contribution in [3.63, 3.8) is 0 Å². The number of amides is 2. The van der Waals surface area contributed by atoms with Gasteiger partial charge in [-0.3, -0.25) is 14.4 Å². The van der Waals surface area contributed by atoms with Crippen molar-refractivity contribution in [1.29, 1.82) is 5.26 Å². The van der Waals surface area contributed by atoms with Crippen LogP contribution in [0, 0.1) is 23.1 Å². The Hall–Kier alpha value is -3.73. The van der Waals surface area contributed by atoms with Crippen LogP contribution >= 0.6 is 0 Å². The summed E-state index contributed by atoms with van der Waals surface area (Å²) in [6, 6.07) is 14.2. The fourth-order valence-corrected chi connectivity index (χ4v) is 3.02. The molecule has 1 fully saturated rings. The van der Waals surface area contributed by atoms with E-state index in [-0.39, 0.29) is 24.2 Å². The van der Waals surface area contributed by atoms with E-state index in [4.69, 9.17) is 10.00 Å². The molecule has 8 heteroatoms. The molecule has 0 aromatic heterocycles. The van der Waals surface area contributed by atoms with Crippen LogP contribution in [0.5, 0.6) is 0 Å². The molecule has 1 aliphatic rings. The van der Waals surface area contributed by atoms with Crippen molar-refractivity contribution < 1.29 is 23.5 Å². The Kier molecular flexibility index (Phi) is 5.88. The number of carbonyl (C=O) groups is 3. The van der Waals surface area contributed by atoms with Crippen molar-refractivity contribution in [3.8, 4) is 6.07 Å². The quantitative estimate of drug-likeness (QED) is 0.785. The highest BCUT2D eigenvalue weighted by Crippen LogP contribution is 2.28. The first-order valence-corrected chi connectivity index (χ1v) is 8.96. The minimum Gasteiger partial charge on any atom is -0.452 e. The van der Waals surface area contributed by atoms with E-state index < -0.39 is 35.6 Å². The number of para-hydroxylation sites is 2. The van der Waals surface area contributed by atoms with Gasteiger partial charge in [0.1, 0.15) is 11.9 Å². The SMILES string of the molecule is C[C@@H](OC(=O)[C@@H]1CC(=O)N(c2ccccc2F)C1)C(=O)Nc1ccccc1C#N. The molecular weight excluding hydrogens is 377 g/mol. The molecule has 1 saturated heterocycles. The summed E-state index contributed by atoms with van der Waals surface area (Å²) < 4.78 is 19.1. The molecule has 0 unspecified atom stereocenters. The van der Waals surface area contributed by atoms with Crippen LogP contribution in [0.3, 0.4) is 0 Å². The van der Waals surface area contributed by atoms with Gasteiger partial charge in [0.05, 0.1) is 22.9 Å². The topological polar surface area (TPSA) is 99.5 Å². The maximum Gasteiger partial charge on any atom is 0.312 e. The molecule has 1 heterocycles. The molecule has 0 saturated carbocycles. The summed E-state index contributed by atoms with van der Waals surface area (Å²) in [6.07, 6.45) is -1.26. The Morgan fingerprint density at radius 2 is 1.93 bits per heavy atom. The second-order valence-corrected chi connectivity index (χ2v) is 6.58. The minimum absolute atomic E-state index is 0.0236. The summed E-state index contributed by atoms with van der Waals surface area (Å²) in [5, 5.41) is 11.6. The van der Waals surface area contributed by atoms with Gasteiger partial charge in [0, 0.05) is 13.0 Å². The lowest BCUT2D eigenvalue weighted by atomic mass is 10.1. The van der Waals surface area contributed by atoms with E-state index in [1.807, 2.05) is 6.07 Å². The van der Waals surface area contributed by atoms with E-state index >= 15 is 0 Å². The van der Waals surface area contributed by atoms with Crippen LogP contribution in [0.15, 0.2) is 48.5 Å². The summed E-state index contributed by atoms with van der Waals surface area (Å²) in [5.74, 6) is -3.07. The molecule has 1 aliphatic heterocycles. The average Bonchev–Trinajstić information content (AvgIpc) is 3.10. The summed E-state index contributed by atoms with van der Waals surface area (Å²) in [6.45, 7) is 1.37. The lowest BCUT2D eigenvalue weighted by Crippen LogP contribution is -2.33. The summed E-state index contributed by atoms with van der Waals surface area (Å²) in [4.78, 5) is 38.1. The van der Waals surface area contributed by atoms with Gasteiger partial charge >= 0.3 is 5.97 Å². The smallest absolute Gasteiger partial charge is 0.312 e. The number of nitrogens with zero attached hydrogens (tertiary/aromatic N) is 2. The van der Waals surface area contributed by atoms with Crippen LogP contribution in [-0.2, 0) is 19.1 Å². The van der Waals surface area contributed by atoms with Crippen molar-refractivity contribution >= 4 is 29.2 Å². The second kappa shape index (κ2) is 8.52. The number of hydrogen-bond donors (Lipinski definition) is 1. The first-order chi connectivity index (χ1) is 13.9. The highest BCUT2D eigenvalue weighted by Gasteiger charge is 2.38. The monoisotopic (exact) mass is 395 g/mol. The molecular formula is C21H18FN3O4. The lowest BCUT2D eigenvalue weighted by Gasteiger charge is -2.18. The van der Waals surface area contributed by atoms with Crippen LogP contribution in [0.25, 0.3) is 0 Å². The standard InChI is InChI=1S/C21H18FN3O4/c1-13(20(27)24-17-8-4-2-6-14(17)11-23)29-21(28)15-10-19(26)25(12-15)18-9-5-3-7-16(18)22/h2-9,13,15H,10,12H2,1H3,(H,24,27)/t13-,15-/m1/s1. The third-order valence-corrected chi connectivity index (χ3v) is 4.57. The highest BCUT2D eigenvalue weighted by molar-refractivity contribution is 6.00. The summed E-state index contributed by atoms with van der Waals surface area (Å²) in [7, 11) is 0. The van der Waals surface area contributed by atoms with E-state index in [2.05, 4.69) is 5.32 Å². The zero-order valence-electron chi connectivity index (χ0n) is 15.6. The Morgan fingerprint density at radius 1 is 1.24 bits per heavy atom. The predicted molar refractivity (Wildman–Crippen MR) is 102 cm³/mol. The maximum absolute atomic E-state index is 13.9. The van der Waals surface area contributed by atoms with E-state index in [0.29, 0.717) is 5.69 Å². The molecule has 2 aromatic rings. The maximum atomic E-state index is 13.9. The fraction of sp³-hybridized carbons (Fsp3) is 0.238. The third-order valence-electron chi connectivity index (χ3n) is 4.57. The van der Waals surface area contributed by atoms with Gasteiger partial charge in [-0.15, -0.1) is 0 Å². The Labute approximate surface area is 166 Å². The highest BCUT2D eigenvalue weighted by atomic mass is 19.1. The molecule has 0 bridgehead atoms. The molecule has 148 valence electrons. The zero-order chi connectivity index (χ0) is 21.0. The predicted octanol–water partition coefficient (Wildman–Crippen LogP) is 2.62. The normalized spacial score (nSPS) is 16.8. The van der Waals surface area contributed by atoms with Gasteiger partial charge in [-0.2, -0.15) is 5.26 Å². The van der Waals surface area contributed by atoms with Crippen molar-refractivity contribution in [2.45, 2.75) is 19.4 Å². The Balaban J connectivity index is 1.61. The van der Waals surface area contributed by atoms with Crippen LogP contribution in [-0.4, -0.2) is 30.4 Å². The Morgan fingerprint density at radius 3 is 2.66 bits per heavy atom. The van der Waals surface area contributed by atoms with Crippen molar-refractivity contribution in [2.24, 2.45) is 5.92 Å². The number of ether oxygens (including phenoxy) is 1. The van der Waals surface area contributed by atoms with Gasteiger partial charge in [0.2, 0.25) is 5.91 Å². The number of nitriles is 1. The van der Waals surface area contributed by atoms with Crippen molar-refractivity contribution in [1.82, 2.24) is 0 Å². The largest absolute Gasteiger partial charge is 0.452 e. The van der Waals surface area contributed by atoms with Gasteiger partial charge < -0.3 is 15.0 Å². The van der Waals surface area contributed by atoms with E-state index in [9.17, 15) is 18.8 Å². The first kappa shape index (κ1) is 20.0. The molecule has 2 amide bonds. The number of benzene rings is 2. The fourth-order valence-electron chi connectivity index (χ4n) is 3.02. The number of nitrogens with one attached hydrogen (secondary N) is 1. The molecule has 0 radical (unpaired) electrons. The van der Waals surface area contributed by atoms with E-state index in [0.717, 1.165) is 0 Å². The number of hydrogen-bond acceptors (Lipinski definition) is 5. The van der Waals surface area contributed by atoms with Crippen LogP contribution in [0.2, 0.25) is 0 Å². The van der Waals surface area contributed by atoms with Crippen molar-refractivity contribution in [3.05, 3.63) is 59.9 Å². The molecule has 2 atom stereocenters. The zero-order valence-corrected chi connectivity index (χ0v) is 15.6. The molecule has 0 aliphatic carbocycles. The van der Waals surface area contributed by atoms with Gasteiger partial charge in [-0.1, -0.05) is 24.3 Å². The molecule has 3 rings (SSSR count). The number of anilines is 2.